The number of hydrogen-bond donors (Lipinski definition) is 2. The second-order valence-corrected chi connectivity index (χ2v) is 4.18. The third-order valence-corrected chi connectivity index (χ3v) is 3.07. The quantitative estimate of drug-likeness (QED) is 0.778. The van der Waals surface area contributed by atoms with E-state index < -0.39 is 5.60 Å². The SMILES string of the molecule is CCCC(O)(c1ccccc1)C(C)CN. The Morgan fingerprint density at radius 1 is 1.33 bits per heavy atom. The molecule has 2 heteroatoms. The van der Waals surface area contributed by atoms with Gasteiger partial charge >= 0.3 is 0 Å². The van der Waals surface area contributed by atoms with Crippen LogP contribution in [0.2, 0.25) is 0 Å². The monoisotopic (exact) mass is 207 g/mol. The Balaban J connectivity index is 3.01. The summed E-state index contributed by atoms with van der Waals surface area (Å²) in [7, 11) is 0. The Hall–Kier alpha value is -0.860. The van der Waals surface area contributed by atoms with Crippen LogP contribution in [0.1, 0.15) is 32.3 Å². The van der Waals surface area contributed by atoms with E-state index in [1.807, 2.05) is 37.3 Å². The largest absolute Gasteiger partial charge is 0.385 e. The van der Waals surface area contributed by atoms with Crippen LogP contribution in [-0.2, 0) is 5.60 Å². The molecule has 2 nitrogen and oxygen atoms in total. The molecule has 0 aliphatic carbocycles. The van der Waals surface area contributed by atoms with E-state index in [-0.39, 0.29) is 5.92 Å². The van der Waals surface area contributed by atoms with Gasteiger partial charge in [0.25, 0.3) is 0 Å². The first-order valence-corrected chi connectivity index (χ1v) is 5.63. The Morgan fingerprint density at radius 3 is 2.40 bits per heavy atom. The van der Waals surface area contributed by atoms with Gasteiger partial charge in [-0.15, -0.1) is 0 Å². The number of nitrogens with two attached hydrogens (primary N) is 1. The highest BCUT2D eigenvalue weighted by atomic mass is 16.3. The van der Waals surface area contributed by atoms with Crippen molar-refractivity contribution in [3.05, 3.63) is 35.9 Å². The van der Waals surface area contributed by atoms with Gasteiger partial charge in [-0.1, -0.05) is 50.6 Å². The molecule has 1 rings (SSSR count). The summed E-state index contributed by atoms with van der Waals surface area (Å²) in [5, 5.41) is 10.7. The van der Waals surface area contributed by atoms with Crippen molar-refractivity contribution < 1.29 is 5.11 Å². The third kappa shape index (κ3) is 2.58. The summed E-state index contributed by atoms with van der Waals surface area (Å²) >= 11 is 0. The van der Waals surface area contributed by atoms with Crippen LogP contribution >= 0.6 is 0 Å². The molecular weight excluding hydrogens is 186 g/mol. The van der Waals surface area contributed by atoms with Crippen LogP contribution in [0.4, 0.5) is 0 Å². The summed E-state index contributed by atoms with van der Waals surface area (Å²) < 4.78 is 0. The molecule has 0 spiro atoms. The molecule has 0 heterocycles. The van der Waals surface area contributed by atoms with Crippen LogP contribution in [0.5, 0.6) is 0 Å². The lowest BCUT2D eigenvalue weighted by atomic mass is 9.79. The zero-order valence-electron chi connectivity index (χ0n) is 9.61. The van der Waals surface area contributed by atoms with Gasteiger partial charge in [-0.05, 0) is 18.5 Å². The Bertz CT molecular complexity index is 286. The molecule has 0 saturated heterocycles. The number of benzene rings is 1. The summed E-state index contributed by atoms with van der Waals surface area (Å²) in [5.41, 5.74) is 5.87. The molecule has 0 radical (unpaired) electrons. The average molecular weight is 207 g/mol. The van der Waals surface area contributed by atoms with Crippen LogP contribution in [0.15, 0.2) is 30.3 Å². The molecule has 0 amide bonds. The fraction of sp³-hybridized carbons (Fsp3) is 0.538. The first kappa shape index (κ1) is 12.2. The first-order valence-electron chi connectivity index (χ1n) is 5.63. The second kappa shape index (κ2) is 5.29. The molecule has 0 fully saturated rings. The lowest BCUT2D eigenvalue weighted by molar-refractivity contribution is -0.0226. The molecule has 3 N–H and O–H groups in total. The van der Waals surface area contributed by atoms with Crippen molar-refractivity contribution in [3.63, 3.8) is 0 Å². The first-order chi connectivity index (χ1) is 7.15. The average Bonchev–Trinajstić information content (AvgIpc) is 2.29. The van der Waals surface area contributed by atoms with Crippen molar-refractivity contribution in [2.24, 2.45) is 11.7 Å². The zero-order valence-corrected chi connectivity index (χ0v) is 9.61. The molecule has 0 bridgehead atoms. The minimum atomic E-state index is -0.773. The maximum atomic E-state index is 10.7. The molecule has 0 aliphatic heterocycles. The Morgan fingerprint density at radius 2 is 1.93 bits per heavy atom. The fourth-order valence-corrected chi connectivity index (χ4v) is 1.98. The summed E-state index contributed by atoms with van der Waals surface area (Å²) in [4.78, 5) is 0. The second-order valence-electron chi connectivity index (χ2n) is 4.18. The lowest BCUT2D eigenvalue weighted by Gasteiger charge is -2.34. The van der Waals surface area contributed by atoms with Crippen molar-refractivity contribution in [2.75, 3.05) is 6.54 Å². The maximum Gasteiger partial charge on any atom is 0.0933 e. The van der Waals surface area contributed by atoms with Crippen LogP contribution in [0, 0.1) is 5.92 Å². The summed E-state index contributed by atoms with van der Waals surface area (Å²) in [6, 6.07) is 9.82. The van der Waals surface area contributed by atoms with Gasteiger partial charge in [-0.2, -0.15) is 0 Å². The lowest BCUT2D eigenvalue weighted by Crippen LogP contribution is -2.37. The van der Waals surface area contributed by atoms with Crippen LogP contribution < -0.4 is 5.73 Å². The van der Waals surface area contributed by atoms with E-state index in [0.29, 0.717) is 6.54 Å². The van der Waals surface area contributed by atoms with Gasteiger partial charge in [0, 0.05) is 5.92 Å². The van der Waals surface area contributed by atoms with Crippen LogP contribution in [0.25, 0.3) is 0 Å². The minimum absolute atomic E-state index is 0.0832. The molecule has 0 aromatic heterocycles. The summed E-state index contributed by atoms with van der Waals surface area (Å²) in [6.07, 6.45) is 1.71. The van der Waals surface area contributed by atoms with E-state index in [2.05, 4.69) is 6.92 Å². The van der Waals surface area contributed by atoms with Gasteiger partial charge in [-0.3, -0.25) is 0 Å². The van der Waals surface area contributed by atoms with Crippen LogP contribution in [-0.4, -0.2) is 11.7 Å². The normalized spacial score (nSPS) is 17.1. The number of rotatable bonds is 5. The predicted octanol–water partition coefficient (Wildman–Crippen LogP) is 2.27. The van der Waals surface area contributed by atoms with Gasteiger partial charge < -0.3 is 10.8 Å². The van der Waals surface area contributed by atoms with Crippen molar-refractivity contribution in [2.45, 2.75) is 32.3 Å². The minimum Gasteiger partial charge on any atom is -0.385 e. The molecule has 0 aliphatic rings. The summed E-state index contributed by atoms with van der Waals surface area (Å²) in [6.45, 7) is 4.59. The highest BCUT2D eigenvalue weighted by molar-refractivity contribution is 5.23. The van der Waals surface area contributed by atoms with E-state index in [9.17, 15) is 5.11 Å². The zero-order chi connectivity index (χ0) is 11.3. The van der Waals surface area contributed by atoms with E-state index in [1.54, 1.807) is 0 Å². The Kier molecular flexibility index (Phi) is 4.30. The van der Waals surface area contributed by atoms with Gasteiger partial charge in [0.1, 0.15) is 0 Å². The highest BCUT2D eigenvalue weighted by Gasteiger charge is 2.33. The Labute approximate surface area is 92.1 Å². The summed E-state index contributed by atoms with van der Waals surface area (Å²) in [5.74, 6) is 0.0832. The van der Waals surface area contributed by atoms with Crippen molar-refractivity contribution in [1.29, 1.82) is 0 Å². The highest BCUT2D eigenvalue weighted by Crippen LogP contribution is 2.33. The van der Waals surface area contributed by atoms with Gasteiger partial charge in [0.15, 0.2) is 0 Å². The van der Waals surface area contributed by atoms with Crippen LogP contribution in [0.3, 0.4) is 0 Å². The van der Waals surface area contributed by atoms with Crippen molar-refractivity contribution in [1.82, 2.24) is 0 Å². The van der Waals surface area contributed by atoms with E-state index in [0.717, 1.165) is 18.4 Å². The van der Waals surface area contributed by atoms with Crippen molar-refractivity contribution in [3.8, 4) is 0 Å². The van der Waals surface area contributed by atoms with Gasteiger partial charge in [-0.25, -0.2) is 0 Å². The molecule has 1 aromatic carbocycles. The molecule has 84 valence electrons. The predicted molar refractivity (Wildman–Crippen MR) is 63.5 cm³/mol. The van der Waals surface area contributed by atoms with Crippen molar-refractivity contribution >= 4 is 0 Å². The van der Waals surface area contributed by atoms with Gasteiger partial charge in [0.05, 0.1) is 5.60 Å². The molecule has 2 atom stereocenters. The molecule has 0 saturated carbocycles. The van der Waals surface area contributed by atoms with E-state index in [1.165, 1.54) is 0 Å². The number of aliphatic hydroxyl groups is 1. The third-order valence-electron chi connectivity index (χ3n) is 3.07. The number of hydrogen-bond acceptors (Lipinski definition) is 2. The smallest absolute Gasteiger partial charge is 0.0933 e. The fourth-order valence-electron chi connectivity index (χ4n) is 1.98. The maximum absolute atomic E-state index is 10.7. The van der Waals surface area contributed by atoms with Gasteiger partial charge in [0.2, 0.25) is 0 Å². The molecule has 1 aromatic rings. The molecular formula is C13H21NO. The topological polar surface area (TPSA) is 46.2 Å². The standard InChI is InChI=1S/C13H21NO/c1-3-9-13(15,11(2)10-14)12-7-5-4-6-8-12/h4-8,11,15H,3,9-10,14H2,1-2H3. The molecule has 15 heavy (non-hydrogen) atoms. The van der Waals surface area contributed by atoms with E-state index >= 15 is 0 Å². The van der Waals surface area contributed by atoms with E-state index in [4.69, 9.17) is 5.73 Å². The molecule has 2 unspecified atom stereocenters.